The van der Waals surface area contributed by atoms with Gasteiger partial charge >= 0.3 is 11.9 Å². The Morgan fingerprint density at radius 3 is 1.36 bits per heavy atom. The number of hydrogen-bond donors (Lipinski definition) is 4. The predicted molar refractivity (Wildman–Crippen MR) is 117 cm³/mol. The van der Waals surface area contributed by atoms with E-state index in [2.05, 4.69) is 9.98 Å². The largest absolute Gasteiger partial charge is 0.508 e. The first-order valence-electron chi connectivity index (χ1n) is 8.99. The normalized spacial score (nSPS) is 8.88. The van der Waals surface area contributed by atoms with E-state index in [4.69, 9.17) is 20.4 Å². The molecule has 0 aromatic heterocycles. The van der Waals surface area contributed by atoms with Gasteiger partial charge in [0.25, 0.3) is 0 Å². The molecule has 10 heteroatoms. The number of isocyanates is 2. The van der Waals surface area contributed by atoms with Crippen LogP contribution in [0, 0.1) is 6.92 Å². The summed E-state index contributed by atoms with van der Waals surface area (Å²) in [7, 11) is 0. The summed E-state index contributed by atoms with van der Waals surface area (Å²) in [6.07, 6.45) is 2.72. The van der Waals surface area contributed by atoms with Crippen LogP contribution in [0.25, 0.3) is 0 Å². The second kappa shape index (κ2) is 13.3. The van der Waals surface area contributed by atoms with Crippen LogP contribution in [0.5, 0.6) is 11.5 Å². The molecule has 0 unspecified atom stereocenters. The van der Waals surface area contributed by atoms with Crippen LogP contribution in [0.1, 0.15) is 26.3 Å². The summed E-state index contributed by atoms with van der Waals surface area (Å²) in [4.78, 5) is 46.9. The summed E-state index contributed by atoms with van der Waals surface area (Å²) in [5, 5.41) is 34.8. The highest BCUT2D eigenvalue weighted by Crippen LogP contribution is 2.20. The Morgan fingerprint density at radius 2 is 1.09 bits per heavy atom. The van der Waals surface area contributed by atoms with Crippen molar-refractivity contribution in [1.29, 1.82) is 0 Å². The quantitative estimate of drug-likeness (QED) is 0.261. The molecule has 0 atom stereocenters. The van der Waals surface area contributed by atoms with Crippen molar-refractivity contribution in [1.82, 2.24) is 0 Å². The Labute approximate surface area is 187 Å². The first-order valence-corrected chi connectivity index (χ1v) is 8.99. The molecular weight excluding hydrogens is 432 g/mol. The van der Waals surface area contributed by atoms with E-state index >= 15 is 0 Å². The minimum Gasteiger partial charge on any atom is -0.508 e. The molecule has 3 aromatic carbocycles. The Kier molecular flexibility index (Phi) is 10.5. The number of phenolic OH excluding ortho intramolecular Hbond substituents is 2. The SMILES string of the molecule is Cc1cc(O)ccc1O.O=C=Nc1ccc(C(=O)O)cc1.O=C=Nc1ccc(C(=O)O)cc1. The van der Waals surface area contributed by atoms with Gasteiger partial charge in [-0.15, -0.1) is 0 Å². The third-order valence-electron chi connectivity index (χ3n) is 3.76. The molecule has 0 saturated carbocycles. The smallest absolute Gasteiger partial charge is 0.335 e. The van der Waals surface area contributed by atoms with Gasteiger partial charge in [0, 0.05) is 0 Å². The average molecular weight is 450 g/mol. The van der Waals surface area contributed by atoms with Gasteiger partial charge in [-0.3, -0.25) is 0 Å². The summed E-state index contributed by atoms with van der Waals surface area (Å²) in [6, 6.07) is 15.7. The predicted octanol–water partition coefficient (Wildman–Crippen LogP) is 4.11. The number of phenols is 2. The molecule has 3 rings (SSSR count). The molecular formula is C23H18N2O8. The van der Waals surface area contributed by atoms with E-state index in [1.807, 2.05) is 0 Å². The maximum absolute atomic E-state index is 10.4. The van der Waals surface area contributed by atoms with Crippen molar-refractivity contribution in [2.24, 2.45) is 9.98 Å². The zero-order chi connectivity index (χ0) is 24.8. The Bertz CT molecular complexity index is 1080. The third-order valence-corrected chi connectivity index (χ3v) is 3.76. The van der Waals surface area contributed by atoms with Gasteiger partial charge in [0.1, 0.15) is 11.5 Å². The topological polar surface area (TPSA) is 174 Å². The number of carbonyl (C=O) groups excluding carboxylic acids is 2. The first-order chi connectivity index (χ1) is 15.7. The maximum Gasteiger partial charge on any atom is 0.335 e. The van der Waals surface area contributed by atoms with Crippen molar-refractivity contribution >= 4 is 35.5 Å². The van der Waals surface area contributed by atoms with Gasteiger partial charge in [-0.1, -0.05) is 0 Å². The van der Waals surface area contributed by atoms with E-state index in [1.165, 1.54) is 78.9 Å². The van der Waals surface area contributed by atoms with Crippen molar-refractivity contribution in [3.8, 4) is 11.5 Å². The van der Waals surface area contributed by atoms with Gasteiger partial charge in [0.05, 0.1) is 22.5 Å². The van der Waals surface area contributed by atoms with Crippen molar-refractivity contribution < 1.29 is 39.6 Å². The molecule has 168 valence electrons. The lowest BCUT2D eigenvalue weighted by atomic mass is 10.2. The van der Waals surface area contributed by atoms with Gasteiger partial charge in [-0.2, -0.15) is 9.98 Å². The molecule has 0 radical (unpaired) electrons. The highest BCUT2D eigenvalue weighted by Gasteiger charge is 2.01. The average Bonchev–Trinajstić information content (AvgIpc) is 2.79. The van der Waals surface area contributed by atoms with E-state index in [1.54, 1.807) is 6.92 Å². The van der Waals surface area contributed by atoms with Gasteiger partial charge in [-0.25, -0.2) is 19.2 Å². The number of hydrogen-bond acceptors (Lipinski definition) is 8. The summed E-state index contributed by atoms with van der Waals surface area (Å²) in [6.45, 7) is 1.73. The van der Waals surface area contributed by atoms with E-state index in [0.717, 1.165) is 0 Å². The third kappa shape index (κ3) is 9.54. The number of aliphatic imine (C=N–C) groups is 2. The summed E-state index contributed by atoms with van der Waals surface area (Å²) in [5.74, 6) is -1.61. The van der Waals surface area contributed by atoms with Crippen LogP contribution < -0.4 is 0 Å². The van der Waals surface area contributed by atoms with E-state index in [-0.39, 0.29) is 22.6 Å². The van der Waals surface area contributed by atoms with E-state index in [9.17, 15) is 19.2 Å². The summed E-state index contributed by atoms with van der Waals surface area (Å²) in [5.41, 5.74) is 1.82. The molecule has 0 heterocycles. The summed E-state index contributed by atoms with van der Waals surface area (Å²) >= 11 is 0. The standard InChI is InChI=1S/2C8H5NO3.C7H8O2/c2*10-5-9-7-3-1-6(2-4-7)8(11)12;1-5-4-6(8)2-3-7(5)9/h2*1-4H,(H,11,12);2-4,8-9H,1H3. The summed E-state index contributed by atoms with van der Waals surface area (Å²) < 4.78 is 0. The molecule has 0 aliphatic carbocycles. The van der Waals surface area contributed by atoms with Crippen LogP contribution in [0.3, 0.4) is 0 Å². The van der Waals surface area contributed by atoms with Crippen molar-refractivity contribution in [2.45, 2.75) is 6.92 Å². The van der Waals surface area contributed by atoms with Crippen LogP contribution in [0.2, 0.25) is 0 Å². The Morgan fingerprint density at radius 1 is 0.697 bits per heavy atom. The minimum atomic E-state index is -1.00. The molecule has 10 nitrogen and oxygen atoms in total. The van der Waals surface area contributed by atoms with Crippen LogP contribution in [0.4, 0.5) is 11.4 Å². The Hall–Kier alpha value is -5.04. The lowest BCUT2D eigenvalue weighted by Gasteiger charge is -1.96. The monoisotopic (exact) mass is 450 g/mol. The number of carboxylic acids is 2. The molecule has 0 aliphatic rings. The zero-order valence-corrected chi connectivity index (χ0v) is 17.2. The number of rotatable bonds is 4. The molecule has 0 spiro atoms. The van der Waals surface area contributed by atoms with Crippen LogP contribution >= 0.6 is 0 Å². The maximum atomic E-state index is 10.4. The van der Waals surface area contributed by atoms with Crippen LogP contribution in [0.15, 0.2) is 76.7 Å². The zero-order valence-electron chi connectivity index (χ0n) is 17.2. The fraction of sp³-hybridized carbons (Fsp3) is 0.0435. The van der Waals surface area contributed by atoms with E-state index in [0.29, 0.717) is 16.9 Å². The molecule has 33 heavy (non-hydrogen) atoms. The first kappa shape index (κ1) is 26.0. The molecule has 0 bridgehead atoms. The van der Waals surface area contributed by atoms with E-state index < -0.39 is 11.9 Å². The minimum absolute atomic E-state index is 0.167. The molecule has 0 amide bonds. The van der Waals surface area contributed by atoms with Crippen molar-refractivity contribution in [3.05, 3.63) is 83.4 Å². The molecule has 4 N–H and O–H groups in total. The number of nitrogens with zero attached hydrogens (tertiary/aromatic N) is 2. The second-order valence-electron chi connectivity index (χ2n) is 6.08. The highest BCUT2D eigenvalue weighted by molar-refractivity contribution is 5.88. The Balaban J connectivity index is 0.000000250. The molecule has 0 aliphatic heterocycles. The highest BCUT2D eigenvalue weighted by atomic mass is 16.4. The number of benzene rings is 3. The van der Waals surface area contributed by atoms with Gasteiger partial charge in [0.2, 0.25) is 12.2 Å². The number of carbonyl (C=O) groups is 2. The van der Waals surface area contributed by atoms with Crippen LogP contribution in [-0.2, 0) is 9.59 Å². The molecule has 0 fully saturated rings. The molecule has 3 aromatic rings. The fourth-order valence-corrected chi connectivity index (χ4v) is 2.10. The second-order valence-corrected chi connectivity index (χ2v) is 6.08. The number of aryl methyl sites for hydroxylation is 1. The van der Waals surface area contributed by atoms with Crippen molar-refractivity contribution in [2.75, 3.05) is 0 Å². The van der Waals surface area contributed by atoms with Crippen molar-refractivity contribution in [3.63, 3.8) is 0 Å². The number of aromatic hydroxyl groups is 2. The van der Waals surface area contributed by atoms with Gasteiger partial charge in [-0.05, 0) is 79.2 Å². The number of carboxylic acid groups (broad SMARTS) is 2. The van der Waals surface area contributed by atoms with Gasteiger partial charge < -0.3 is 20.4 Å². The molecule has 0 saturated heterocycles. The lowest BCUT2D eigenvalue weighted by molar-refractivity contribution is 0.0686. The van der Waals surface area contributed by atoms with Crippen LogP contribution in [-0.4, -0.2) is 44.5 Å². The lowest BCUT2D eigenvalue weighted by Crippen LogP contribution is -1.93. The number of aromatic carboxylic acids is 2. The van der Waals surface area contributed by atoms with Gasteiger partial charge in [0.15, 0.2) is 0 Å². The fourth-order valence-electron chi connectivity index (χ4n) is 2.10.